The lowest BCUT2D eigenvalue weighted by Gasteiger charge is -2.32. The molecule has 1 fully saturated rings. The van der Waals surface area contributed by atoms with Crippen molar-refractivity contribution in [3.05, 3.63) is 65.2 Å². The van der Waals surface area contributed by atoms with Crippen molar-refractivity contribution < 1.29 is 28.9 Å². The van der Waals surface area contributed by atoms with Crippen molar-refractivity contribution in [2.75, 3.05) is 6.61 Å². The maximum Gasteiger partial charge on any atom is 0.344 e. The van der Waals surface area contributed by atoms with Crippen molar-refractivity contribution in [3.8, 4) is 5.75 Å². The van der Waals surface area contributed by atoms with Gasteiger partial charge in [0.1, 0.15) is 18.5 Å². The predicted octanol–water partition coefficient (Wildman–Crippen LogP) is 6.84. The topological polar surface area (TPSA) is 82.1 Å². The van der Waals surface area contributed by atoms with E-state index in [1.54, 1.807) is 0 Å². The highest BCUT2D eigenvalue weighted by atomic mass is 16.6. The van der Waals surface area contributed by atoms with Gasteiger partial charge in [-0.05, 0) is 85.5 Å². The molecule has 6 nitrogen and oxygen atoms in total. The molecule has 2 aliphatic rings. The van der Waals surface area contributed by atoms with Crippen LogP contribution in [-0.2, 0) is 38.5 Å². The summed E-state index contributed by atoms with van der Waals surface area (Å²) in [5, 5.41) is 11.0. The highest BCUT2D eigenvalue weighted by Gasteiger charge is 2.45. The van der Waals surface area contributed by atoms with Gasteiger partial charge in [0, 0.05) is 6.92 Å². The van der Waals surface area contributed by atoms with Gasteiger partial charge in [0.25, 0.3) is 0 Å². The number of ether oxygens (including phenoxy) is 3. The molecule has 0 aliphatic heterocycles. The first-order valence-electron chi connectivity index (χ1n) is 15.2. The van der Waals surface area contributed by atoms with Gasteiger partial charge in [-0.15, -0.1) is 0 Å². The summed E-state index contributed by atoms with van der Waals surface area (Å²) in [6.45, 7) is 7.76. The average molecular weight is 553 g/mol. The molecule has 1 saturated carbocycles. The van der Waals surface area contributed by atoms with Crippen LogP contribution in [0.25, 0.3) is 0 Å². The summed E-state index contributed by atoms with van der Waals surface area (Å²) in [5.41, 5.74) is 3.33. The summed E-state index contributed by atoms with van der Waals surface area (Å²) in [4.78, 5) is 23.9. The molecule has 0 aromatic heterocycles. The molecule has 220 valence electrons. The molecule has 0 amide bonds. The number of rotatable bonds is 13. The van der Waals surface area contributed by atoms with Crippen LogP contribution in [0.4, 0.5) is 0 Å². The minimum absolute atomic E-state index is 0.0668. The van der Waals surface area contributed by atoms with Crippen molar-refractivity contribution in [1.82, 2.24) is 0 Å². The number of esters is 2. The fraction of sp³-hybridized carbons (Fsp3) is 0.588. The smallest absolute Gasteiger partial charge is 0.344 e. The third-order valence-corrected chi connectivity index (χ3v) is 8.22. The van der Waals surface area contributed by atoms with Gasteiger partial charge in [-0.3, -0.25) is 4.79 Å². The number of fused-ring (bicyclic) bond motifs is 2. The Kier molecular flexibility index (Phi) is 13.0. The number of hydrogen-bond donors (Lipinski definition) is 1. The third-order valence-electron chi connectivity index (χ3n) is 8.22. The number of carbonyl (C=O) groups is 2. The van der Waals surface area contributed by atoms with E-state index in [1.165, 1.54) is 12.5 Å². The number of unbranched alkanes of at least 4 members (excludes halogenated alkanes) is 2. The highest BCUT2D eigenvalue weighted by molar-refractivity contribution is 5.71. The Labute approximate surface area is 240 Å². The molecular weight excluding hydrogens is 504 g/mol. The third kappa shape index (κ3) is 9.09. The zero-order valence-corrected chi connectivity index (χ0v) is 24.8. The van der Waals surface area contributed by atoms with E-state index in [4.69, 9.17) is 14.2 Å². The van der Waals surface area contributed by atoms with Crippen molar-refractivity contribution in [3.63, 3.8) is 0 Å². The number of aliphatic hydroxyl groups is 1. The summed E-state index contributed by atoms with van der Waals surface area (Å²) in [6.07, 6.45) is 7.99. The Morgan fingerprint density at radius 2 is 1.77 bits per heavy atom. The first kappa shape index (κ1) is 31.7. The average Bonchev–Trinajstić information content (AvgIpc) is 3.27. The monoisotopic (exact) mass is 552 g/mol. The van der Waals surface area contributed by atoms with Gasteiger partial charge in [-0.25, -0.2) is 4.79 Å². The molecule has 40 heavy (non-hydrogen) atoms. The fourth-order valence-corrected chi connectivity index (χ4v) is 6.35. The minimum Gasteiger partial charge on any atom is -0.482 e. The Morgan fingerprint density at radius 1 is 1.00 bits per heavy atom. The van der Waals surface area contributed by atoms with Crippen LogP contribution >= 0.6 is 0 Å². The second-order valence-electron chi connectivity index (χ2n) is 10.9. The van der Waals surface area contributed by atoms with E-state index in [0.29, 0.717) is 11.8 Å². The van der Waals surface area contributed by atoms with Crippen LogP contribution in [-0.4, -0.2) is 35.9 Å². The maximum atomic E-state index is 12.3. The summed E-state index contributed by atoms with van der Waals surface area (Å²) >= 11 is 0. The van der Waals surface area contributed by atoms with E-state index in [-0.39, 0.29) is 37.3 Å². The Bertz CT molecular complexity index is 1050. The predicted molar refractivity (Wildman–Crippen MR) is 157 cm³/mol. The first-order valence-corrected chi connectivity index (χ1v) is 15.2. The Hall–Kier alpha value is -2.86. The molecule has 2 aromatic rings. The molecular formula is C34H48O6. The maximum absolute atomic E-state index is 12.3. The largest absolute Gasteiger partial charge is 0.482 e. The lowest BCUT2D eigenvalue weighted by Crippen LogP contribution is -2.28. The molecule has 0 bridgehead atoms. The minimum atomic E-state index is -0.391. The van der Waals surface area contributed by atoms with Crippen molar-refractivity contribution in [2.24, 2.45) is 17.8 Å². The van der Waals surface area contributed by atoms with Crippen LogP contribution in [0.2, 0.25) is 0 Å². The van der Waals surface area contributed by atoms with E-state index >= 15 is 0 Å². The zero-order valence-electron chi connectivity index (χ0n) is 24.8. The van der Waals surface area contributed by atoms with Gasteiger partial charge in [0.05, 0.1) is 6.10 Å². The van der Waals surface area contributed by atoms with E-state index in [2.05, 4.69) is 13.0 Å². The van der Waals surface area contributed by atoms with Crippen LogP contribution in [0.5, 0.6) is 5.75 Å². The molecule has 4 unspecified atom stereocenters. The molecule has 5 atom stereocenters. The summed E-state index contributed by atoms with van der Waals surface area (Å²) in [6, 6.07) is 15.6. The molecule has 2 aromatic carbocycles. The van der Waals surface area contributed by atoms with Crippen LogP contribution in [0.1, 0.15) is 89.3 Å². The quantitative estimate of drug-likeness (QED) is 0.216. The van der Waals surface area contributed by atoms with Gasteiger partial charge >= 0.3 is 11.9 Å². The first-order chi connectivity index (χ1) is 19.4. The normalized spacial score (nSPS) is 21.7. The second-order valence-corrected chi connectivity index (χ2v) is 10.9. The van der Waals surface area contributed by atoms with Gasteiger partial charge in [-0.1, -0.05) is 76.1 Å². The van der Waals surface area contributed by atoms with Gasteiger partial charge in [0.2, 0.25) is 0 Å². The molecule has 2 aliphatic carbocycles. The van der Waals surface area contributed by atoms with Crippen LogP contribution in [0.3, 0.4) is 0 Å². The molecule has 4 rings (SSSR count). The van der Waals surface area contributed by atoms with Crippen molar-refractivity contribution >= 4 is 11.9 Å². The molecule has 6 heteroatoms. The summed E-state index contributed by atoms with van der Waals surface area (Å²) in [7, 11) is 0. The van der Waals surface area contributed by atoms with E-state index < -0.39 is 5.97 Å². The molecule has 1 N–H and O–H groups in total. The SMILES string of the molecule is CC.CCCCCC(CCC1C2Cc3cccc(OCC(=O)OCc4ccccc4)c3CC2C[C@H]1O)OC(C)=O. The molecule has 0 heterocycles. The van der Waals surface area contributed by atoms with Crippen LogP contribution in [0.15, 0.2) is 48.5 Å². The van der Waals surface area contributed by atoms with Gasteiger partial charge < -0.3 is 19.3 Å². The zero-order chi connectivity index (χ0) is 28.9. The lowest BCUT2D eigenvalue weighted by molar-refractivity contribution is -0.148. The fourth-order valence-electron chi connectivity index (χ4n) is 6.35. The van der Waals surface area contributed by atoms with E-state index in [1.807, 2.05) is 56.3 Å². The standard InChI is InChI=1S/C32H42O6.C2H6/c1-3-4-6-13-26(38-22(2)33)15-16-27-28-17-24-12-9-14-31(29(24)18-25(28)19-30(27)34)36-21-32(35)37-20-23-10-7-5-8-11-23;1-2/h5,7-12,14,25-28,30,34H,3-4,6,13,15-21H2,1-2H3;1-2H3/t25?,26?,27?,28?,30-;/m1./s1. The van der Waals surface area contributed by atoms with Gasteiger partial charge in [-0.2, -0.15) is 0 Å². The molecule has 0 radical (unpaired) electrons. The van der Waals surface area contributed by atoms with Crippen molar-refractivity contribution in [1.29, 1.82) is 0 Å². The lowest BCUT2D eigenvalue weighted by atomic mass is 9.73. The molecule has 0 spiro atoms. The highest BCUT2D eigenvalue weighted by Crippen LogP contribution is 2.48. The van der Waals surface area contributed by atoms with E-state index in [0.717, 1.165) is 74.7 Å². The van der Waals surface area contributed by atoms with E-state index in [9.17, 15) is 14.7 Å². The Balaban J connectivity index is 0.00000216. The summed E-state index contributed by atoms with van der Waals surface area (Å²) in [5.74, 6) is 1.11. The number of aliphatic hydroxyl groups excluding tert-OH is 1. The van der Waals surface area contributed by atoms with Crippen LogP contribution < -0.4 is 4.74 Å². The second kappa shape index (κ2) is 16.4. The summed E-state index contributed by atoms with van der Waals surface area (Å²) < 4.78 is 16.9. The molecule has 0 saturated heterocycles. The van der Waals surface area contributed by atoms with Crippen molar-refractivity contribution in [2.45, 2.75) is 104 Å². The van der Waals surface area contributed by atoms with Gasteiger partial charge in [0.15, 0.2) is 6.61 Å². The Morgan fingerprint density at radius 3 is 2.50 bits per heavy atom. The number of benzene rings is 2. The van der Waals surface area contributed by atoms with Crippen LogP contribution in [0, 0.1) is 17.8 Å². The number of hydrogen-bond acceptors (Lipinski definition) is 6. The number of carbonyl (C=O) groups excluding carboxylic acids is 2.